The van der Waals surface area contributed by atoms with Crippen LogP contribution in [0.15, 0.2) is 65.3 Å². The summed E-state index contributed by atoms with van der Waals surface area (Å²) in [6, 6.07) is 4.54. The minimum atomic E-state index is -2.94. The molecule has 6 heteroatoms. The van der Waals surface area contributed by atoms with Crippen molar-refractivity contribution in [2.75, 3.05) is 5.88 Å². The normalized spacial score (nSPS) is 24.1. The van der Waals surface area contributed by atoms with Crippen LogP contribution in [0.25, 0.3) is 17.7 Å². The fourth-order valence-electron chi connectivity index (χ4n) is 5.11. The molecule has 0 aromatic heterocycles. The highest BCUT2D eigenvalue weighted by molar-refractivity contribution is 7.81. The molecule has 1 aromatic carbocycles. The lowest BCUT2D eigenvalue weighted by Gasteiger charge is -2.38. The maximum absolute atomic E-state index is 6.32. The third-order valence-corrected chi connectivity index (χ3v) is 6.12. The van der Waals surface area contributed by atoms with Crippen LogP contribution >= 0.6 is 51.8 Å². The van der Waals surface area contributed by atoms with E-state index in [0.29, 0.717) is 5.88 Å². The predicted octanol–water partition coefficient (Wildman–Crippen LogP) is 7.76. The van der Waals surface area contributed by atoms with E-state index in [2.05, 4.69) is 60.7 Å². The van der Waals surface area contributed by atoms with Crippen molar-refractivity contribution >= 4 is 78.9 Å². The molecule has 0 fully saturated rings. The molecule has 5 aliphatic rings. The molecule has 28 heavy (non-hydrogen) atoms. The highest BCUT2D eigenvalue weighted by Gasteiger charge is 2.58. The molecule has 0 saturated carbocycles. The summed E-state index contributed by atoms with van der Waals surface area (Å²) in [5, 5.41) is 0. The summed E-state index contributed by atoms with van der Waals surface area (Å²) in [5.74, 6) is 2.02. The van der Waals surface area contributed by atoms with Crippen LogP contribution in [0.2, 0.25) is 0 Å². The van der Waals surface area contributed by atoms with Crippen molar-refractivity contribution in [3.8, 4) is 0 Å². The van der Waals surface area contributed by atoms with Crippen molar-refractivity contribution in [3.63, 3.8) is 0 Å². The zero-order valence-electron chi connectivity index (χ0n) is 14.7. The Bertz CT molecular complexity index is 1070. The molecule has 0 bridgehead atoms. The Morgan fingerprint density at radius 2 is 1.61 bits per heavy atom. The van der Waals surface area contributed by atoms with Gasteiger partial charge in [0.25, 0.3) is 0 Å². The minimum Gasteiger partial charge on any atom is -0.391 e. The van der Waals surface area contributed by atoms with Crippen molar-refractivity contribution in [1.29, 1.82) is 0 Å². The van der Waals surface area contributed by atoms with E-state index in [1.807, 2.05) is 0 Å². The maximum Gasteiger partial charge on any atom is 0.564 e. The van der Waals surface area contributed by atoms with Gasteiger partial charge in [0.2, 0.25) is 0 Å². The van der Waals surface area contributed by atoms with E-state index in [9.17, 15) is 0 Å². The summed E-state index contributed by atoms with van der Waals surface area (Å²) in [6.45, 7) is 0. The molecule has 0 radical (unpaired) electrons. The molecule has 1 unspecified atom stereocenters. The van der Waals surface area contributed by atoms with Crippen LogP contribution in [-0.4, -0.2) is 15.3 Å². The topological polar surface area (TPSA) is 0 Å². The zero-order valence-corrected chi connectivity index (χ0v) is 19.6. The number of hydrogen-bond acceptors (Lipinski definition) is 0. The Balaban J connectivity index is 0.000000308. The van der Waals surface area contributed by atoms with E-state index in [1.54, 1.807) is 0 Å². The highest BCUT2D eigenvalue weighted by Crippen LogP contribution is 2.64. The minimum absolute atomic E-state index is 0.0430. The highest BCUT2D eigenvalue weighted by atomic mass is 35.9. The second-order valence-electron chi connectivity index (χ2n) is 7.28. The van der Waals surface area contributed by atoms with Crippen LogP contribution in [0.3, 0.4) is 0 Å². The van der Waals surface area contributed by atoms with Gasteiger partial charge in [0.15, 0.2) is 0 Å². The third-order valence-electron chi connectivity index (χ3n) is 5.93. The number of allylic oxidation sites excluding steroid dienone is 10. The van der Waals surface area contributed by atoms with Crippen LogP contribution in [0, 0.1) is 5.92 Å². The lowest BCUT2D eigenvalue weighted by molar-refractivity contribution is 0.593. The van der Waals surface area contributed by atoms with Gasteiger partial charge in [-0.2, -0.15) is 0 Å². The van der Waals surface area contributed by atoms with Crippen LogP contribution in [0.5, 0.6) is 0 Å². The van der Waals surface area contributed by atoms with Gasteiger partial charge in [0.1, 0.15) is 0 Å². The average Bonchev–Trinajstić information content (AvgIpc) is 2.96. The molecule has 0 amide bonds. The van der Waals surface area contributed by atoms with Gasteiger partial charge in [-0.3, -0.25) is 0 Å². The van der Waals surface area contributed by atoms with E-state index in [4.69, 9.17) is 51.8 Å². The second kappa shape index (κ2) is 6.76. The molecule has 0 heterocycles. The fraction of sp³-hybridized carbons (Fsp3) is 0.136. The maximum atomic E-state index is 6.32. The molecule has 140 valence electrons. The summed E-state index contributed by atoms with van der Waals surface area (Å²) in [4.78, 5) is 0. The summed E-state index contributed by atoms with van der Waals surface area (Å²) in [6.07, 6.45) is 19.2. The smallest absolute Gasteiger partial charge is 0.391 e. The van der Waals surface area contributed by atoms with Crippen molar-refractivity contribution in [1.82, 2.24) is 0 Å². The Morgan fingerprint density at radius 3 is 2.36 bits per heavy atom. The monoisotopic (exact) mass is 480 g/mol. The Labute approximate surface area is 188 Å². The molecule has 1 atom stereocenters. The van der Waals surface area contributed by atoms with Crippen LogP contribution in [-0.2, 0) is 5.41 Å². The first-order chi connectivity index (χ1) is 13.3. The summed E-state index contributed by atoms with van der Waals surface area (Å²) in [7, 11) is 17.0. The van der Waals surface area contributed by atoms with Gasteiger partial charge in [-0.15, -0.1) is 11.6 Å². The largest absolute Gasteiger partial charge is 0.564 e. The van der Waals surface area contributed by atoms with E-state index in [1.165, 1.54) is 50.5 Å². The number of halogens is 5. The third kappa shape index (κ3) is 2.76. The predicted molar refractivity (Wildman–Crippen MR) is 126 cm³/mol. The van der Waals surface area contributed by atoms with Gasteiger partial charge >= 0.3 is 9.39 Å². The van der Waals surface area contributed by atoms with Crippen molar-refractivity contribution < 1.29 is 0 Å². The van der Waals surface area contributed by atoms with E-state index < -0.39 is 9.39 Å². The molecule has 6 rings (SSSR count). The first kappa shape index (κ1) is 19.5. The lowest BCUT2D eigenvalue weighted by atomic mass is 9.61. The van der Waals surface area contributed by atoms with Gasteiger partial charge in [0.05, 0.1) is 28.0 Å². The van der Waals surface area contributed by atoms with Gasteiger partial charge in [-0.1, -0.05) is 24.3 Å². The summed E-state index contributed by atoms with van der Waals surface area (Å²) >= 11 is 6.32. The van der Waals surface area contributed by atoms with Gasteiger partial charge in [-0.25, -0.2) is 0 Å². The van der Waals surface area contributed by atoms with E-state index in [0.717, 1.165) is 6.42 Å². The van der Waals surface area contributed by atoms with Gasteiger partial charge in [0, 0.05) is 46.9 Å². The molecular weight excluding hydrogens is 468 g/mol. The van der Waals surface area contributed by atoms with E-state index in [-0.39, 0.29) is 5.41 Å². The Hall–Kier alpha value is -0.488. The average molecular weight is 483 g/mol. The van der Waals surface area contributed by atoms with Crippen molar-refractivity contribution in [3.05, 3.63) is 93.5 Å². The van der Waals surface area contributed by atoms with Crippen molar-refractivity contribution in [2.45, 2.75) is 11.8 Å². The summed E-state index contributed by atoms with van der Waals surface area (Å²) < 4.78 is 0. The Morgan fingerprint density at radius 1 is 0.893 bits per heavy atom. The first-order valence-electron chi connectivity index (χ1n) is 9.05. The van der Waals surface area contributed by atoms with Crippen LogP contribution in [0.4, 0.5) is 0 Å². The fourth-order valence-corrected chi connectivity index (χ4v) is 5.40. The lowest BCUT2D eigenvalue weighted by Crippen LogP contribution is -2.34. The molecule has 1 aromatic rings. The number of hydrogen-bond donors (Lipinski definition) is 0. The first-order valence-corrected chi connectivity index (χ1v) is 16.6. The van der Waals surface area contributed by atoms with E-state index >= 15 is 0 Å². The molecule has 0 spiro atoms. The molecule has 0 nitrogen and oxygen atoms in total. The summed E-state index contributed by atoms with van der Waals surface area (Å²) in [5.41, 5.74) is 11.3. The van der Waals surface area contributed by atoms with Crippen molar-refractivity contribution in [2.24, 2.45) is 0 Å². The Kier molecular flexibility index (Phi) is 4.70. The molecule has 0 aliphatic heterocycles. The SMILES string of the molecule is ClCCC12C3=CC=C4C=C[C+]5C=Cc6ccc(c1c6C5=C42)C=C3.[Cl][Al-]([Cl])([Cl])[Cl]. The molecule has 0 N–H and O–H groups in total. The van der Waals surface area contributed by atoms with Crippen LogP contribution in [0.1, 0.15) is 28.7 Å². The zero-order chi connectivity index (χ0) is 19.7. The standard InChI is InChI=1S/C22H14Cl.Al.4ClH/c23-12-11-22-17-9-7-15-5-3-13-1-2-14-4-6-16(8-10-17)21(22)19(14)18(13)20(15)22;;;;;/h1-10H,11-12H2;;4*1H/q+1;+3;;;;/p-4. The number of rotatable bonds is 2. The van der Waals surface area contributed by atoms with Gasteiger partial charge < -0.3 is 40.2 Å². The second-order valence-corrected chi connectivity index (χ2v) is 20.5. The number of alkyl halides is 1. The molecule has 0 saturated heterocycles. The molecule has 5 aliphatic carbocycles. The quantitative estimate of drug-likeness (QED) is 0.230. The number of benzene rings is 1. The van der Waals surface area contributed by atoms with Crippen LogP contribution < -0.4 is 0 Å². The van der Waals surface area contributed by atoms with Gasteiger partial charge in [-0.05, 0) is 29.7 Å². The molecular formula is C22H14AlCl5.